The first-order valence-electron chi connectivity index (χ1n) is 4.78. The summed E-state index contributed by atoms with van der Waals surface area (Å²) < 4.78 is 1.52. The molecule has 2 rings (SSSR count). The number of phenols is 1. The van der Waals surface area contributed by atoms with E-state index in [2.05, 4.69) is 0 Å². The van der Waals surface area contributed by atoms with Crippen LogP contribution < -0.4 is 0 Å². The van der Waals surface area contributed by atoms with Crippen LogP contribution in [0.15, 0.2) is 36.5 Å². The van der Waals surface area contributed by atoms with E-state index in [0.29, 0.717) is 11.1 Å². The molecular formula is C12H11NO3. The highest BCUT2D eigenvalue weighted by molar-refractivity contribution is 5.95. The number of aromatic hydroxyl groups is 1. The minimum Gasteiger partial charge on any atom is -0.507 e. The molecule has 0 aliphatic heterocycles. The van der Waals surface area contributed by atoms with Crippen LogP contribution >= 0.6 is 0 Å². The molecule has 0 aliphatic carbocycles. The molecule has 2 aromatic rings. The molecule has 0 atom stereocenters. The Morgan fingerprint density at radius 2 is 1.88 bits per heavy atom. The normalized spacial score (nSPS) is 10.3. The van der Waals surface area contributed by atoms with Gasteiger partial charge in [0.15, 0.2) is 0 Å². The molecule has 0 saturated carbocycles. The third-order valence-corrected chi connectivity index (χ3v) is 2.47. The van der Waals surface area contributed by atoms with E-state index in [4.69, 9.17) is 5.11 Å². The molecule has 0 radical (unpaired) electrons. The minimum atomic E-state index is -1.01. The van der Waals surface area contributed by atoms with Crippen molar-refractivity contribution in [3.8, 4) is 16.9 Å². The SMILES string of the molecule is Cn1ccc(-c2ccccc2O)c1C(=O)O. The summed E-state index contributed by atoms with van der Waals surface area (Å²) in [7, 11) is 1.66. The highest BCUT2D eigenvalue weighted by atomic mass is 16.4. The number of hydrogen-bond donors (Lipinski definition) is 2. The fourth-order valence-corrected chi connectivity index (χ4v) is 1.71. The van der Waals surface area contributed by atoms with Gasteiger partial charge in [0, 0.05) is 24.4 Å². The van der Waals surface area contributed by atoms with Crippen molar-refractivity contribution in [3.05, 3.63) is 42.2 Å². The lowest BCUT2D eigenvalue weighted by Gasteiger charge is -2.05. The molecule has 0 spiro atoms. The molecule has 1 heterocycles. The molecule has 4 nitrogen and oxygen atoms in total. The van der Waals surface area contributed by atoms with Crippen LogP contribution in [0.5, 0.6) is 5.75 Å². The summed E-state index contributed by atoms with van der Waals surface area (Å²) in [6.07, 6.45) is 1.66. The van der Waals surface area contributed by atoms with Crippen molar-refractivity contribution in [2.75, 3.05) is 0 Å². The van der Waals surface area contributed by atoms with Gasteiger partial charge in [0.05, 0.1) is 0 Å². The highest BCUT2D eigenvalue weighted by Gasteiger charge is 2.17. The number of hydrogen-bond acceptors (Lipinski definition) is 2. The van der Waals surface area contributed by atoms with Gasteiger partial charge in [0.25, 0.3) is 0 Å². The van der Waals surface area contributed by atoms with Crippen molar-refractivity contribution in [2.24, 2.45) is 7.05 Å². The second kappa shape index (κ2) is 3.73. The first-order chi connectivity index (χ1) is 7.61. The summed E-state index contributed by atoms with van der Waals surface area (Å²) in [4.78, 5) is 11.1. The molecule has 0 unspecified atom stereocenters. The maximum absolute atomic E-state index is 11.1. The van der Waals surface area contributed by atoms with Gasteiger partial charge in [0.1, 0.15) is 11.4 Å². The number of para-hydroxylation sites is 1. The molecular weight excluding hydrogens is 206 g/mol. The number of aryl methyl sites for hydroxylation is 1. The van der Waals surface area contributed by atoms with Gasteiger partial charge in [-0.25, -0.2) is 4.79 Å². The van der Waals surface area contributed by atoms with Gasteiger partial charge >= 0.3 is 5.97 Å². The summed E-state index contributed by atoms with van der Waals surface area (Å²) >= 11 is 0. The molecule has 4 heteroatoms. The van der Waals surface area contributed by atoms with Crippen LogP contribution in [0.4, 0.5) is 0 Å². The van der Waals surface area contributed by atoms with Gasteiger partial charge in [-0.05, 0) is 12.1 Å². The van der Waals surface area contributed by atoms with Gasteiger partial charge in [-0.15, -0.1) is 0 Å². The summed E-state index contributed by atoms with van der Waals surface area (Å²) in [5.74, 6) is -0.929. The monoisotopic (exact) mass is 217 g/mol. The lowest BCUT2D eigenvalue weighted by molar-refractivity contribution is 0.0687. The number of phenolic OH excluding ortho intramolecular Hbond substituents is 1. The van der Waals surface area contributed by atoms with Crippen LogP contribution in [0.3, 0.4) is 0 Å². The average molecular weight is 217 g/mol. The Balaban J connectivity index is 2.66. The van der Waals surface area contributed by atoms with Crippen LogP contribution in [0.2, 0.25) is 0 Å². The largest absolute Gasteiger partial charge is 0.507 e. The number of carbonyl (C=O) groups is 1. The maximum Gasteiger partial charge on any atom is 0.353 e. The van der Waals surface area contributed by atoms with Gasteiger partial charge in [-0.2, -0.15) is 0 Å². The number of rotatable bonds is 2. The second-order valence-corrected chi connectivity index (χ2v) is 3.51. The molecule has 2 N–H and O–H groups in total. The van der Waals surface area contributed by atoms with Gasteiger partial charge in [-0.1, -0.05) is 18.2 Å². The Kier molecular flexibility index (Phi) is 2.40. The number of benzene rings is 1. The highest BCUT2D eigenvalue weighted by Crippen LogP contribution is 2.31. The number of aromatic nitrogens is 1. The molecule has 82 valence electrons. The Morgan fingerprint density at radius 3 is 2.50 bits per heavy atom. The summed E-state index contributed by atoms with van der Waals surface area (Å²) in [6, 6.07) is 8.36. The summed E-state index contributed by atoms with van der Waals surface area (Å²) in [6.45, 7) is 0. The first kappa shape index (κ1) is 10.3. The predicted molar refractivity (Wildman–Crippen MR) is 59.5 cm³/mol. The molecule has 0 amide bonds. The average Bonchev–Trinajstić information content (AvgIpc) is 2.61. The maximum atomic E-state index is 11.1. The molecule has 0 bridgehead atoms. The van der Waals surface area contributed by atoms with Gasteiger partial charge in [0.2, 0.25) is 0 Å². The molecule has 1 aromatic heterocycles. The predicted octanol–water partition coefficient (Wildman–Crippen LogP) is 2.10. The smallest absolute Gasteiger partial charge is 0.353 e. The van der Waals surface area contributed by atoms with E-state index in [1.807, 2.05) is 0 Å². The second-order valence-electron chi connectivity index (χ2n) is 3.51. The lowest BCUT2D eigenvalue weighted by atomic mass is 10.1. The zero-order valence-electron chi connectivity index (χ0n) is 8.71. The van der Waals surface area contributed by atoms with Gasteiger partial charge < -0.3 is 14.8 Å². The van der Waals surface area contributed by atoms with E-state index in [9.17, 15) is 9.90 Å². The number of aromatic carboxylic acids is 1. The van der Waals surface area contributed by atoms with Crippen molar-refractivity contribution < 1.29 is 15.0 Å². The van der Waals surface area contributed by atoms with Crippen molar-refractivity contribution in [1.82, 2.24) is 4.57 Å². The fourth-order valence-electron chi connectivity index (χ4n) is 1.71. The van der Waals surface area contributed by atoms with Crippen molar-refractivity contribution in [1.29, 1.82) is 0 Å². The molecule has 0 aliphatic rings. The lowest BCUT2D eigenvalue weighted by Crippen LogP contribution is -2.05. The third-order valence-electron chi connectivity index (χ3n) is 2.47. The molecule has 16 heavy (non-hydrogen) atoms. The van der Waals surface area contributed by atoms with Crippen LogP contribution in [-0.4, -0.2) is 20.7 Å². The van der Waals surface area contributed by atoms with Crippen molar-refractivity contribution >= 4 is 5.97 Å². The quantitative estimate of drug-likeness (QED) is 0.809. The van der Waals surface area contributed by atoms with E-state index < -0.39 is 5.97 Å². The zero-order valence-corrected chi connectivity index (χ0v) is 8.71. The zero-order chi connectivity index (χ0) is 11.7. The van der Waals surface area contributed by atoms with Crippen molar-refractivity contribution in [3.63, 3.8) is 0 Å². The van der Waals surface area contributed by atoms with Crippen LogP contribution in [-0.2, 0) is 7.05 Å². The summed E-state index contributed by atoms with van der Waals surface area (Å²) in [5.41, 5.74) is 1.22. The standard InChI is InChI=1S/C12H11NO3/c1-13-7-6-9(11(13)12(15)16)8-4-2-3-5-10(8)14/h2-7,14H,1H3,(H,15,16). The molecule has 1 aromatic carbocycles. The van der Waals surface area contributed by atoms with Crippen LogP contribution in [0.25, 0.3) is 11.1 Å². The van der Waals surface area contributed by atoms with Gasteiger partial charge in [-0.3, -0.25) is 0 Å². The van der Waals surface area contributed by atoms with Crippen LogP contribution in [0.1, 0.15) is 10.5 Å². The number of carboxylic acids is 1. The number of carboxylic acid groups (broad SMARTS) is 1. The Morgan fingerprint density at radius 1 is 1.19 bits per heavy atom. The molecule has 0 fully saturated rings. The van der Waals surface area contributed by atoms with E-state index in [1.165, 1.54) is 10.6 Å². The van der Waals surface area contributed by atoms with Crippen molar-refractivity contribution in [2.45, 2.75) is 0 Å². The number of nitrogens with zero attached hydrogens (tertiary/aromatic N) is 1. The minimum absolute atomic E-state index is 0.0798. The summed E-state index contributed by atoms with van der Waals surface area (Å²) in [5, 5.41) is 18.8. The Hall–Kier alpha value is -2.23. The Labute approximate surface area is 92.4 Å². The van der Waals surface area contributed by atoms with Crippen LogP contribution in [0, 0.1) is 0 Å². The fraction of sp³-hybridized carbons (Fsp3) is 0.0833. The first-order valence-corrected chi connectivity index (χ1v) is 4.78. The van der Waals surface area contributed by atoms with E-state index >= 15 is 0 Å². The topological polar surface area (TPSA) is 62.5 Å². The van der Waals surface area contributed by atoms with E-state index in [1.54, 1.807) is 37.5 Å². The molecule has 0 saturated heterocycles. The third kappa shape index (κ3) is 1.54. The van der Waals surface area contributed by atoms with E-state index in [-0.39, 0.29) is 11.4 Å². The Bertz CT molecular complexity index is 543. The van der Waals surface area contributed by atoms with E-state index in [0.717, 1.165) is 0 Å².